The van der Waals surface area contributed by atoms with Crippen LogP contribution < -0.4 is 4.74 Å². The lowest BCUT2D eigenvalue weighted by molar-refractivity contribution is 0.289. The van der Waals surface area contributed by atoms with Crippen molar-refractivity contribution in [2.24, 2.45) is 7.05 Å². The number of aromatic nitrogens is 3. The van der Waals surface area contributed by atoms with Crippen LogP contribution in [0.1, 0.15) is 12.8 Å². The molecule has 0 saturated heterocycles. The molecule has 0 radical (unpaired) electrons. The molecule has 2 aromatic rings. The molecule has 4 nitrogen and oxygen atoms in total. The van der Waals surface area contributed by atoms with E-state index in [1.807, 2.05) is 25.4 Å². The van der Waals surface area contributed by atoms with E-state index in [0.29, 0.717) is 12.0 Å². The van der Waals surface area contributed by atoms with Crippen molar-refractivity contribution in [2.45, 2.75) is 18.9 Å². The second kappa shape index (κ2) is 4.14. The highest BCUT2D eigenvalue weighted by atomic mass is 79.9. The fourth-order valence-electron chi connectivity index (χ4n) is 1.56. The van der Waals surface area contributed by atoms with E-state index in [4.69, 9.17) is 4.74 Å². The topological polar surface area (TPSA) is 39.9 Å². The third kappa shape index (κ3) is 2.34. The van der Waals surface area contributed by atoms with Gasteiger partial charge in [0.25, 0.3) is 0 Å². The van der Waals surface area contributed by atoms with E-state index in [0.717, 1.165) is 28.6 Å². The van der Waals surface area contributed by atoms with E-state index in [1.54, 1.807) is 10.9 Å². The SMILES string of the molecule is Cn1ccc(-c2cnc(OC3CC3)c(Br)c2)n1. The quantitative estimate of drug-likeness (QED) is 0.874. The number of halogens is 1. The van der Waals surface area contributed by atoms with Crippen molar-refractivity contribution in [1.82, 2.24) is 14.8 Å². The van der Waals surface area contributed by atoms with Crippen molar-refractivity contribution in [2.75, 3.05) is 0 Å². The summed E-state index contributed by atoms with van der Waals surface area (Å²) in [4.78, 5) is 4.33. The second-order valence-corrected chi connectivity index (χ2v) is 5.06. The summed E-state index contributed by atoms with van der Waals surface area (Å²) in [7, 11) is 1.90. The van der Waals surface area contributed by atoms with Gasteiger partial charge in [-0.15, -0.1) is 0 Å². The number of hydrogen-bond acceptors (Lipinski definition) is 3. The van der Waals surface area contributed by atoms with E-state index < -0.39 is 0 Å². The van der Waals surface area contributed by atoms with Crippen molar-refractivity contribution < 1.29 is 4.74 Å². The van der Waals surface area contributed by atoms with Crippen LogP contribution in [0.25, 0.3) is 11.3 Å². The third-order valence-corrected chi connectivity index (χ3v) is 3.19. The van der Waals surface area contributed by atoms with Gasteiger partial charge in [0.05, 0.1) is 10.2 Å². The highest BCUT2D eigenvalue weighted by molar-refractivity contribution is 9.10. The molecule has 1 fully saturated rings. The Hall–Kier alpha value is -1.36. The Morgan fingerprint density at radius 3 is 2.88 bits per heavy atom. The standard InChI is InChI=1S/C12H12BrN3O/c1-16-5-4-11(15-16)8-6-10(13)12(14-7-8)17-9-2-3-9/h4-7,9H,2-3H2,1H3. The number of aryl methyl sites for hydroxylation is 1. The molecule has 0 N–H and O–H groups in total. The Bertz CT molecular complexity index is 548. The highest BCUT2D eigenvalue weighted by Crippen LogP contribution is 2.32. The molecule has 0 aromatic carbocycles. The first kappa shape index (κ1) is 10.8. The van der Waals surface area contributed by atoms with Crippen LogP contribution in [0.2, 0.25) is 0 Å². The minimum Gasteiger partial charge on any atom is -0.474 e. The Balaban J connectivity index is 1.89. The molecule has 0 unspecified atom stereocenters. The first-order chi connectivity index (χ1) is 8.22. The summed E-state index contributed by atoms with van der Waals surface area (Å²) < 4.78 is 8.33. The molecule has 3 rings (SSSR count). The van der Waals surface area contributed by atoms with Crippen LogP contribution in [0, 0.1) is 0 Å². The van der Waals surface area contributed by atoms with Gasteiger partial charge in [-0.3, -0.25) is 4.68 Å². The summed E-state index contributed by atoms with van der Waals surface area (Å²) in [5, 5.41) is 4.34. The van der Waals surface area contributed by atoms with E-state index >= 15 is 0 Å². The molecule has 2 heterocycles. The zero-order valence-electron chi connectivity index (χ0n) is 9.43. The summed E-state index contributed by atoms with van der Waals surface area (Å²) in [5.41, 5.74) is 1.90. The van der Waals surface area contributed by atoms with Crippen LogP contribution in [0.15, 0.2) is 29.0 Å². The van der Waals surface area contributed by atoms with Gasteiger partial charge in [0.1, 0.15) is 6.10 Å². The lowest BCUT2D eigenvalue weighted by atomic mass is 10.2. The summed E-state index contributed by atoms with van der Waals surface area (Å²) in [5.74, 6) is 0.673. The highest BCUT2D eigenvalue weighted by Gasteiger charge is 2.25. The molecule has 1 saturated carbocycles. The van der Waals surface area contributed by atoms with Gasteiger partial charge < -0.3 is 4.74 Å². The Morgan fingerprint density at radius 1 is 1.47 bits per heavy atom. The number of pyridine rings is 1. The zero-order valence-corrected chi connectivity index (χ0v) is 11.0. The molecule has 0 aliphatic heterocycles. The molecule has 88 valence electrons. The molecular formula is C12H12BrN3O. The molecule has 0 spiro atoms. The number of nitrogens with zero attached hydrogens (tertiary/aromatic N) is 3. The minimum atomic E-state index is 0.361. The Morgan fingerprint density at radius 2 is 2.29 bits per heavy atom. The zero-order chi connectivity index (χ0) is 11.8. The Labute approximate surface area is 108 Å². The first-order valence-corrected chi connectivity index (χ1v) is 6.34. The maximum Gasteiger partial charge on any atom is 0.228 e. The van der Waals surface area contributed by atoms with Crippen molar-refractivity contribution in [1.29, 1.82) is 0 Å². The second-order valence-electron chi connectivity index (χ2n) is 4.20. The maximum absolute atomic E-state index is 5.67. The van der Waals surface area contributed by atoms with Crippen molar-refractivity contribution >= 4 is 15.9 Å². The summed E-state index contributed by atoms with van der Waals surface area (Å²) >= 11 is 3.49. The molecular weight excluding hydrogens is 282 g/mol. The number of ether oxygens (including phenoxy) is 1. The third-order valence-electron chi connectivity index (χ3n) is 2.62. The Kier molecular flexibility index (Phi) is 2.63. The monoisotopic (exact) mass is 293 g/mol. The van der Waals surface area contributed by atoms with Gasteiger partial charge in [-0.2, -0.15) is 5.10 Å². The number of hydrogen-bond donors (Lipinski definition) is 0. The van der Waals surface area contributed by atoms with Crippen LogP contribution >= 0.6 is 15.9 Å². The minimum absolute atomic E-state index is 0.361. The molecule has 17 heavy (non-hydrogen) atoms. The lowest BCUT2D eigenvalue weighted by Gasteiger charge is -2.06. The molecule has 1 aliphatic carbocycles. The van der Waals surface area contributed by atoms with Gasteiger partial charge in [-0.05, 0) is 40.9 Å². The number of rotatable bonds is 3. The molecule has 0 amide bonds. The van der Waals surface area contributed by atoms with Crippen molar-refractivity contribution in [3.05, 3.63) is 29.0 Å². The van der Waals surface area contributed by atoms with Crippen molar-refractivity contribution in [3.8, 4) is 17.1 Å². The maximum atomic E-state index is 5.67. The van der Waals surface area contributed by atoms with Crippen LogP contribution in [0.4, 0.5) is 0 Å². The fourth-order valence-corrected chi connectivity index (χ4v) is 2.01. The van der Waals surface area contributed by atoms with Crippen LogP contribution in [-0.2, 0) is 7.05 Å². The molecule has 2 aromatic heterocycles. The largest absolute Gasteiger partial charge is 0.474 e. The normalized spacial score (nSPS) is 14.9. The van der Waals surface area contributed by atoms with Gasteiger partial charge in [-0.1, -0.05) is 0 Å². The van der Waals surface area contributed by atoms with Gasteiger partial charge in [0, 0.05) is 25.0 Å². The van der Waals surface area contributed by atoms with E-state index in [2.05, 4.69) is 26.0 Å². The van der Waals surface area contributed by atoms with E-state index in [9.17, 15) is 0 Å². The first-order valence-electron chi connectivity index (χ1n) is 5.54. The summed E-state index contributed by atoms with van der Waals surface area (Å²) in [6.07, 6.45) is 6.34. The van der Waals surface area contributed by atoms with Gasteiger partial charge in [-0.25, -0.2) is 4.98 Å². The molecule has 1 aliphatic rings. The predicted molar refractivity (Wildman–Crippen MR) is 67.8 cm³/mol. The average Bonchev–Trinajstić information content (AvgIpc) is 3.02. The average molecular weight is 294 g/mol. The fraction of sp³-hybridized carbons (Fsp3) is 0.333. The predicted octanol–water partition coefficient (Wildman–Crippen LogP) is 2.79. The van der Waals surface area contributed by atoms with Crippen molar-refractivity contribution in [3.63, 3.8) is 0 Å². The van der Waals surface area contributed by atoms with E-state index in [-0.39, 0.29) is 0 Å². The van der Waals surface area contributed by atoms with Gasteiger partial charge in [0.15, 0.2) is 0 Å². The summed E-state index contributed by atoms with van der Waals surface area (Å²) in [6.45, 7) is 0. The van der Waals surface area contributed by atoms with Crippen LogP contribution in [0.3, 0.4) is 0 Å². The van der Waals surface area contributed by atoms with Crippen LogP contribution in [-0.4, -0.2) is 20.9 Å². The van der Waals surface area contributed by atoms with E-state index in [1.165, 1.54) is 0 Å². The molecule has 0 bridgehead atoms. The summed E-state index contributed by atoms with van der Waals surface area (Å²) in [6, 6.07) is 3.96. The molecule has 0 atom stereocenters. The lowest BCUT2D eigenvalue weighted by Crippen LogP contribution is -1.99. The molecule has 5 heteroatoms. The van der Waals surface area contributed by atoms with Crippen LogP contribution in [0.5, 0.6) is 5.88 Å². The smallest absolute Gasteiger partial charge is 0.228 e. The van der Waals surface area contributed by atoms with Gasteiger partial charge >= 0.3 is 0 Å². The van der Waals surface area contributed by atoms with Gasteiger partial charge in [0.2, 0.25) is 5.88 Å².